The first-order valence-electron chi connectivity index (χ1n) is 4.70. The van der Waals surface area contributed by atoms with Gasteiger partial charge in [-0.3, -0.25) is 10.1 Å². The van der Waals surface area contributed by atoms with E-state index in [0.29, 0.717) is 0 Å². The number of nitro groups is 1. The third-order valence-electron chi connectivity index (χ3n) is 2.20. The zero-order valence-electron chi connectivity index (χ0n) is 9.15. The van der Waals surface area contributed by atoms with Crippen molar-refractivity contribution in [3.05, 3.63) is 39.4 Å². The fourth-order valence-electron chi connectivity index (χ4n) is 1.25. The van der Waals surface area contributed by atoms with Gasteiger partial charge in [0.05, 0.1) is 4.92 Å². The zero-order chi connectivity index (χ0) is 13.9. The first-order valence-corrected chi connectivity index (χ1v) is 4.70. The fourth-order valence-corrected chi connectivity index (χ4v) is 1.25. The number of rotatable bonds is 3. The van der Waals surface area contributed by atoms with Crippen molar-refractivity contribution >= 4 is 11.7 Å². The van der Waals surface area contributed by atoms with Gasteiger partial charge in [-0.2, -0.15) is 13.2 Å². The third kappa shape index (κ3) is 3.19. The van der Waals surface area contributed by atoms with Crippen molar-refractivity contribution in [2.24, 2.45) is 0 Å². The summed E-state index contributed by atoms with van der Waals surface area (Å²) in [6.45, 7) is 0.709. The maximum atomic E-state index is 11.9. The molecular weight excluding hydrogens is 255 g/mol. The van der Waals surface area contributed by atoms with Gasteiger partial charge < -0.3 is 4.74 Å². The summed E-state index contributed by atoms with van der Waals surface area (Å²) in [5.74, 6) is -2.33. The van der Waals surface area contributed by atoms with E-state index in [1.807, 2.05) is 0 Å². The van der Waals surface area contributed by atoms with Crippen LogP contribution in [0.1, 0.15) is 11.1 Å². The molecule has 5 nitrogen and oxygen atoms in total. The Morgan fingerprint density at radius 1 is 1.44 bits per heavy atom. The molecule has 1 aromatic rings. The van der Waals surface area contributed by atoms with E-state index >= 15 is 0 Å². The number of halogens is 3. The molecule has 0 aromatic heterocycles. The number of carbonyl (C=O) groups excluding carboxylic acids is 1. The van der Waals surface area contributed by atoms with Crippen molar-refractivity contribution < 1.29 is 27.6 Å². The van der Waals surface area contributed by atoms with Crippen molar-refractivity contribution in [1.82, 2.24) is 0 Å². The van der Waals surface area contributed by atoms with Crippen LogP contribution in [0.15, 0.2) is 18.2 Å². The summed E-state index contributed by atoms with van der Waals surface area (Å²) in [5.41, 5.74) is 0.0785. The average molecular weight is 263 g/mol. The molecule has 0 saturated heterocycles. The van der Waals surface area contributed by atoms with E-state index in [4.69, 9.17) is 0 Å². The molecule has 0 aliphatic rings. The first kappa shape index (κ1) is 13.9. The van der Waals surface area contributed by atoms with Gasteiger partial charge in [0.1, 0.15) is 6.61 Å². The van der Waals surface area contributed by atoms with Crippen LogP contribution in [0.3, 0.4) is 0 Å². The van der Waals surface area contributed by atoms with Crippen LogP contribution in [0.2, 0.25) is 0 Å². The minimum atomic E-state index is -5.07. The first-order chi connectivity index (χ1) is 8.23. The number of hydrogen-bond acceptors (Lipinski definition) is 4. The summed E-state index contributed by atoms with van der Waals surface area (Å²) in [5, 5.41) is 10.6. The van der Waals surface area contributed by atoms with Crippen molar-refractivity contribution in [3.63, 3.8) is 0 Å². The minimum Gasteiger partial charge on any atom is -0.454 e. The Morgan fingerprint density at radius 2 is 2.06 bits per heavy atom. The summed E-state index contributed by atoms with van der Waals surface area (Å²) in [4.78, 5) is 20.4. The second-order valence-electron chi connectivity index (χ2n) is 3.39. The molecule has 0 fully saturated rings. The lowest BCUT2D eigenvalue weighted by molar-refractivity contribution is -0.385. The standard InChI is InChI=1S/C10H8F3NO4/c1-6-7(3-2-4-8(6)14(16)17)5-18-9(15)10(11,12)13/h2-4H,5H2,1H3. The van der Waals surface area contributed by atoms with Gasteiger partial charge in [-0.1, -0.05) is 12.1 Å². The Kier molecular flexibility index (Phi) is 3.89. The summed E-state index contributed by atoms with van der Waals surface area (Å²) >= 11 is 0. The summed E-state index contributed by atoms with van der Waals surface area (Å²) in [7, 11) is 0. The normalized spacial score (nSPS) is 11.1. The lowest BCUT2D eigenvalue weighted by atomic mass is 10.1. The minimum absolute atomic E-state index is 0.154. The summed E-state index contributed by atoms with van der Waals surface area (Å²) < 4.78 is 39.7. The molecule has 1 aromatic carbocycles. The van der Waals surface area contributed by atoms with Crippen LogP contribution in [0, 0.1) is 17.0 Å². The highest BCUT2D eigenvalue weighted by Gasteiger charge is 2.41. The number of nitro benzene ring substituents is 1. The lowest BCUT2D eigenvalue weighted by Crippen LogP contribution is -2.25. The molecule has 0 aliphatic carbocycles. The second-order valence-corrected chi connectivity index (χ2v) is 3.39. The van der Waals surface area contributed by atoms with Crippen LogP contribution >= 0.6 is 0 Å². The Balaban J connectivity index is 2.84. The molecule has 0 N–H and O–H groups in total. The average Bonchev–Trinajstić information content (AvgIpc) is 2.25. The van der Waals surface area contributed by atoms with E-state index < -0.39 is 23.7 Å². The molecule has 0 bridgehead atoms. The Labute approximate surface area is 99.3 Å². The molecule has 0 amide bonds. The molecule has 0 atom stereocenters. The largest absolute Gasteiger partial charge is 0.490 e. The predicted octanol–water partition coefficient (Wildman–Crippen LogP) is 2.51. The van der Waals surface area contributed by atoms with E-state index in [1.54, 1.807) is 0 Å². The SMILES string of the molecule is Cc1c(COC(=O)C(F)(F)F)cccc1[N+](=O)[O-]. The second kappa shape index (κ2) is 5.03. The number of alkyl halides is 3. The number of benzene rings is 1. The van der Waals surface area contributed by atoms with Gasteiger partial charge in [0.25, 0.3) is 5.69 Å². The highest BCUT2D eigenvalue weighted by Crippen LogP contribution is 2.23. The van der Waals surface area contributed by atoms with Crippen molar-refractivity contribution in [1.29, 1.82) is 0 Å². The van der Waals surface area contributed by atoms with Crippen LogP contribution in [-0.4, -0.2) is 17.1 Å². The maximum Gasteiger partial charge on any atom is 0.490 e. The van der Waals surface area contributed by atoms with E-state index in [1.165, 1.54) is 25.1 Å². The van der Waals surface area contributed by atoms with Gasteiger partial charge in [-0.25, -0.2) is 4.79 Å². The predicted molar refractivity (Wildman–Crippen MR) is 53.7 cm³/mol. The van der Waals surface area contributed by atoms with Crippen molar-refractivity contribution in [3.8, 4) is 0 Å². The number of hydrogen-bond donors (Lipinski definition) is 0. The monoisotopic (exact) mass is 263 g/mol. The number of nitrogens with zero attached hydrogens (tertiary/aromatic N) is 1. The zero-order valence-corrected chi connectivity index (χ0v) is 9.15. The molecule has 18 heavy (non-hydrogen) atoms. The van der Waals surface area contributed by atoms with E-state index in [0.717, 1.165) is 0 Å². The van der Waals surface area contributed by atoms with Crippen LogP contribution in [0.25, 0.3) is 0 Å². The van der Waals surface area contributed by atoms with Crippen LogP contribution in [0.4, 0.5) is 18.9 Å². The Hall–Kier alpha value is -2.12. The van der Waals surface area contributed by atoms with Gasteiger partial charge in [-0.15, -0.1) is 0 Å². The lowest BCUT2D eigenvalue weighted by Gasteiger charge is -2.09. The molecule has 0 radical (unpaired) electrons. The molecular formula is C10H8F3NO4. The number of esters is 1. The van der Waals surface area contributed by atoms with E-state index in [9.17, 15) is 28.1 Å². The van der Waals surface area contributed by atoms with Gasteiger partial charge in [0, 0.05) is 11.6 Å². The molecule has 0 aliphatic heterocycles. The molecule has 98 valence electrons. The smallest absolute Gasteiger partial charge is 0.454 e. The topological polar surface area (TPSA) is 69.4 Å². The third-order valence-corrected chi connectivity index (χ3v) is 2.20. The molecule has 1 rings (SSSR count). The molecule has 8 heteroatoms. The summed E-state index contributed by atoms with van der Waals surface area (Å²) in [6, 6.07) is 3.87. The maximum absolute atomic E-state index is 11.9. The van der Waals surface area contributed by atoms with Crippen LogP contribution in [0.5, 0.6) is 0 Å². The number of carbonyl (C=O) groups is 1. The highest BCUT2D eigenvalue weighted by atomic mass is 19.4. The van der Waals surface area contributed by atoms with Gasteiger partial charge in [0.2, 0.25) is 0 Å². The fraction of sp³-hybridized carbons (Fsp3) is 0.300. The van der Waals surface area contributed by atoms with Gasteiger partial charge >= 0.3 is 12.1 Å². The number of ether oxygens (including phenoxy) is 1. The Morgan fingerprint density at radius 3 is 2.56 bits per heavy atom. The molecule has 0 spiro atoms. The van der Waals surface area contributed by atoms with Crippen LogP contribution < -0.4 is 0 Å². The van der Waals surface area contributed by atoms with Crippen molar-refractivity contribution in [2.75, 3.05) is 0 Å². The molecule has 0 heterocycles. The van der Waals surface area contributed by atoms with Gasteiger partial charge in [0.15, 0.2) is 0 Å². The van der Waals surface area contributed by atoms with E-state index in [-0.39, 0.29) is 16.8 Å². The van der Waals surface area contributed by atoms with Gasteiger partial charge in [-0.05, 0) is 12.5 Å². The summed E-state index contributed by atoms with van der Waals surface area (Å²) in [6.07, 6.45) is -5.07. The molecule has 0 saturated carbocycles. The quantitative estimate of drug-likeness (QED) is 0.477. The Bertz CT molecular complexity index is 485. The van der Waals surface area contributed by atoms with E-state index in [2.05, 4.69) is 4.74 Å². The molecule has 0 unspecified atom stereocenters. The van der Waals surface area contributed by atoms with Crippen LogP contribution in [-0.2, 0) is 16.1 Å². The van der Waals surface area contributed by atoms with Crippen molar-refractivity contribution in [2.45, 2.75) is 19.7 Å². The highest BCUT2D eigenvalue weighted by molar-refractivity contribution is 5.75.